The average molecular weight is 257 g/mol. The molecule has 0 radical (unpaired) electrons. The lowest BCUT2D eigenvalue weighted by molar-refractivity contribution is 0.102. The molecule has 0 aliphatic heterocycles. The SMILES string of the molecule is Cn1ccc(C(=O)Nc2ccc3sccc3c2)n1. The highest BCUT2D eigenvalue weighted by Crippen LogP contribution is 2.24. The highest BCUT2D eigenvalue weighted by molar-refractivity contribution is 7.17. The molecule has 1 aromatic carbocycles. The maximum Gasteiger partial charge on any atom is 0.276 e. The summed E-state index contributed by atoms with van der Waals surface area (Å²) in [6.45, 7) is 0. The van der Waals surface area contributed by atoms with Gasteiger partial charge in [-0.05, 0) is 41.1 Å². The summed E-state index contributed by atoms with van der Waals surface area (Å²) in [5.41, 5.74) is 1.21. The number of hydrogen-bond acceptors (Lipinski definition) is 3. The molecule has 5 heteroatoms. The number of aromatic nitrogens is 2. The topological polar surface area (TPSA) is 46.9 Å². The van der Waals surface area contributed by atoms with Gasteiger partial charge in [0, 0.05) is 23.6 Å². The van der Waals surface area contributed by atoms with Gasteiger partial charge in [-0.15, -0.1) is 11.3 Å². The van der Waals surface area contributed by atoms with Crippen molar-refractivity contribution in [1.29, 1.82) is 0 Å². The highest BCUT2D eigenvalue weighted by Gasteiger charge is 2.09. The van der Waals surface area contributed by atoms with Gasteiger partial charge in [0.2, 0.25) is 0 Å². The fourth-order valence-electron chi connectivity index (χ4n) is 1.78. The Morgan fingerprint density at radius 3 is 3.00 bits per heavy atom. The number of benzene rings is 1. The third kappa shape index (κ3) is 2.00. The zero-order chi connectivity index (χ0) is 12.5. The molecule has 2 heterocycles. The van der Waals surface area contributed by atoms with E-state index in [-0.39, 0.29) is 5.91 Å². The van der Waals surface area contributed by atoms with E-state index in [0.717, 1.165) is 11.1 Å². The van der Waals surface area contributed by atoms with Crippen molar-refractivity contribution in [3.8, 4) is 0 Å². The summed E-state index contributed by atoms with van der Waals surface area (Å²) in [4.78, 5) is 11.9. The van der Waals surface area contributed by atoms with Crippen LogP contribution >= 0.6 is 11.3 Å². The van der Waals surface area contributed by atoms with Crippen LogP contribution in [-0.4, -0.2) is 15.7 Å². The van der Waals surface area contributed by atoms with Crippen LogP contribution in [0.3, 0.4) is 0 Å². The number of amides is 1. The quantitative estimate of drug-likeness (QED) is 0.767. The van der Waals surface area contributed by atoms with Gasteiger partial charge in [-0.3, -0.25) is 9.48 Å². The van der Waals surface area contributed by atoms with Crippen molar-refractivity contribution in [2.24, 2.45) is 7.05 Å². The summed E-state index contributed by atoms with van der Waals surface area (Å²) in [7, 11) is 1.79. The van der Waals surface area contributed by atoms with E-state index in [0.29, 0.717) is 5.69 Å². The molecule has 0 unspecified atom stereocenters. The number of thiophene rings is 1. The van der Waals surface area contributed by atoms with Crippen molar-refractivity contribution in [1.82, 2.24) is 9.78 Å². The van der Waals surface area contributed by atoms with E-state index in [2.05, 4.69) is 10.4 Å². The predicted molar refractivity (Wildman–Crippen MR) is 73.0 cm³/mol. The van der Waals surface area contributed by atoms with E-state index >= 15 is 0 Å². The Labute approximate surface area is 108 Å². The zero-order valence-corrected chi connectivity index (χ0v) is 10.6. The van der Waals surface area contributed by atoms with E-state index in [4.69, 9.17) is 0 Å². The zero-order valence-electron chi connectivity index (χ0n) is 9.75. The third-order valence-corrected chi connectivity index (χ3v) is 3.55. The number of carbonyl (C=O) groups is 1. The summed E-state index contributed by atoms with van der Waals surface area (Å²) in [5.74, 6) is -0.190. The first-order chi connectivity index (χ1) is 8.72. The summed E-state index contributed by atoms with van der Waals surface area (Å²) in [6, 6.07) is 9.61. The maximum atomic E-state index is 11.9. The Bertz CT molecular complexity index is 714. The van der Waals surface area contributed by atoms with Gasteiger partial charge in [-0.25, -0.2) is 0 Å². The fourth-order valence-corrected chi connectivity index (χ4v) is 2.55. The van der Waals surface area contributed by atoms with Crippen LogP contribution < -0.4 is 5.32 Å². The van der Waals surface area contributed by atoms with Crippen molar-refractivity contribution in [2.45, 2.75) is 0 Å². The summed E-state index contributed by atoms with van der Waals surface area (Å²) in [6.07, 6.45) is 1.75. The van der Waals surface area contributed by atoms with Gasteiger partial charge >= 0.3 is 0 Å². The average Bonchev–Trinajstić information content (AvgIpc) is 2.96. The Morgan fingerprint density at radius 1 is 1.33 bits per heavy atom. The minimum atomic E-state index is -0.190. The van der Waals surface area contributed by atoms with Gasteiger partial charge in [-0.2, -0.15) is 5.10 Å². The molecule has 18 heavy (non-hydrogen) atoms. The molecule has 0 spiro atoms. The van der Waals surface area contributed by atoms with Gasteiger partial charge < -0.3 is 5.32 Å². The van der Waals surface area contributed by atoms with Crippen molar-refractivity contribution in [2.75, 3.05) is 5.32 Å². The van der Waals surface area contributed by atoms with Gasteiger partial charge in [-0.1, -0.05) is 0 Å². The second-order valence-electron chi connectivity index (χ2n) is 4.00. The van der Waals surface area contributed by atoms with Crippen LogP contribution in [0.4, 0.5) is 5.69 Å². The van der Waals surface area contributed by atoms with Crippen LogP contribution in [0.5, 0.6) is 0 Å². The number of aryl methyl sites for hydroxylation is 1. The van der Waals surface area contributed by atoms with E-state index in [1.54, 1.807) is 35.3 Å². The standard InChI is InChI=1S/C13H11N3OS/c1-16-6-4-11(15-16)13(17)14-10-2-3-12-9(8-10)5-7-18-12/h2-8H,1H3,(H,14,17). The Kier molecular flexibility index (Phi) is 2.60. The number of carbonyl (C=O) groups excluding carboxylic acids is 1. The van der Waals surface area contributed by atoms with Gasteiger partial charge in [0.05, 0.1) is 0 Å². The highest BCUT2D eigenvalue weighted by atomic mass is 32.1. The smallest absolute Gasteiger partial charge is 0.276 e. The summed E-state index contributed by atoms with van der Waals surface area (Å²) in [5, 5.41) is 10.1. The van der Waals surface area contributed by atoms with Crippen LogP contribution in [-0.2, 0) is 7.05 Å². The Morgan fingerprint density at radius 2 is 2.22 bits per heavy atom. The van der Waals surface area contributed by atoms with Crippen molar-refractivity contribution >= 4 is 33.0 Å². The maximum absolute atomic E-state index is 11.9. The molecule has 3 rings (SSSR count). The van der Waals surface area contributed by atoms with Crippen LogP contribution in [0.15, 0.2) is 41.9 Å². The molecule has 0 bridgehead atoms. The number of fused-ring (bicyclic) bond motifs is 1. The van der Waals surface area contributed by atoms with Crippen LogP contribution in [0.25, 0.3) is 10.1 Å². The van der Waals surface area contributed by atoms with Gasteiger partial charge in [0.25, 0.3) is 5.91 Å². The first kappa shape index (κ1) is 11.0. The molecular weight excluding hydrogens is 246 g/mol. The molecule has 4 nitrogen and oxygen atoms in total. The van der Waals surface area contributed by atoms with E-state index in [9.17, 15) is 4.79 Å². The molecule has 90 valence electrons. The fraction of sp³-hybridized carbons (Fsp3) is 0.0769. The number of nitrogens with zero attached hydrogens (tertiary/aromatic N) is 2. The summed E-state index contributed by atoms with van der Waals surface area (Å²) >= 11 is 1.69. The molecular formula is C13H11N3OS. The number of rotatable bonds is 2. The lowest BCUT2D eigenvalue weighted by Gasteiger charge is -2.03. The lowest BCUT2D eigenvalue weighted by Crippen LogP contribution is -2.12. The largest absolute Gasteiger partial charge is 0.321 e. The van der Waals surface area contributed by atoms with Gasteiger partial charge in [0.15, 0.2) is 5.69 Å². The second-order valence-corrected chi connectivity index (χ2v) is 4.95. The molecule has 0 atom stereocenters. The molecule has 3 aromatic rings. The molecule has 0 aliphatic carbocycles. The number of hydrogen-bond donors (Lipinski definition) is 1. The Hall–Kier alpha value is -2.14. The second kappa shape index (κ2) is 4.27. The van der Waals surface area contributed by atoms with E-state index < -0.39 is 0 Å². The van der Waals surface area contributed by atoms with Crippen LogP contribution in [0, 0.1) is 0 Å². The molecule has 0 saturated heterocycles. The summed E-state index contributed by atoms with van der Waals surface area (Å²) < 4.78 is 2.82. The van der Waals surface area contributed by atoms with Crippen LogP contribution in [0.1, 0.15) is 10.5 Å². The first-order valence-electron chi connectivity index (χ1n) is 5.51. The molecule has 0 fully saturated rings. The van der Waals surface area contributed by atoms with Gasteiger partial charge in [0.1, 0.15) is 0 Å². The normalized spacial score (nSPS) is 10.7. The molecule has 2 aromatic heterocycles. The Balaban J connectivity index is 1.85. The van der Waals surface area contributed by atoms with Crippen molar-refractivity contribution in [3.63, 3.8) is 0 Å². The van der Waals surface area contributed by atoms with E-state index in [1.165, 1.54) is 4.70 Å². The van der Waals surface area contributed by atoms with Crippen molar-refractivity contribution in [3.05, 3.63) is 47.6 Å². The number of nitrogens with one attached hydrogen (secondary N) is 1. The molecule has 1 N–H and O–H groups in total. The van der Waals surface area contributed by atoms with Crippen LogP contribution in [0.2, 0.25) is 0 Å². The first-order valence-corrected chi connectivity index (χ1v) is 6.38. The monoisotopic (exact) mass is 257 g/mol. The lowest BCUT2D eigenvalue weighted by atomic mass is 10.2. The van der Waals surface area contributed by atoms with Crippen molar-refractivity contribution < 1.29 is 4.79 Å². The minimum Gasteiger partial charge on any atom is -0.321 e. The molecule has 0 aliphatic rings. The minimum absolute atomic E-state index is 0.190. The molecule has 0 saturated carbocycles. The number of anilines is 1. The predicted octanol–water partition coefficient (Wildman–Crippen LogP) is 2.89. The van der Waals surface area contributed by atoms with E-state index in [1.807, 2.05) is 29.6 Å². The molecule has 1 amide bonds. The third-order valence-electron chi connectivity index (χ3n) is 2.66.